The van der Waals surface area contributed by atoms with Gasteiger partial charge < -0.3 is 19.8 Å². The number of hydrogen-bond acceptors (Lipinski definition) is 4. The molecule has 5 heteroatoms. The molecule has 1 radical (unpaired) electrons. The summed E-state index contributed by atoms with van der Waals surface area (Å²) in [5, 5.41) is 20.3. The first kappa shape index (κ1) is 24.4. The van der Waals surface area contributed by atoms with Crippen molar-refractivity contribution in [2.45, 2.75) is 103 Å². The third-order valence-corrected chi connectivity index (χ3v) is 5.44. The van der Waals surface area contributed by atoms with Crippen LogP contribution in [0.4, 0.5) is 0 Å². The van der Waals surface area contributed by atoms with E-state index in [1.807, 2.05) is 0 Å². The quantitative estimate of drug-likeness (QED) is 0.631. The average Bonchev–Trinajstić information content (AvgIpc) is 2.57. The van der Waals surface area contributed by atoms with Gasteiger partial charge in [-0.3, -0.25) is 0 Å². The van der Waals surface area contributed by atoms with Crippen LogP contribution >= 0.6 is 0 Å². The SMILES string of the molecule is O=C([O-])CCCC1CCCCC1.O=C([O-])CCCC1CCCCC1.[Co+2]. The summed E-state index contributed by atoms with van der Waals surface area (Å²) in [6.45, 7) is 0. The Kier molecular flexibility index (Phi) is 15.3. The molecular weight excluding hydrogens is 363 g/mol. The Hall–Kier alpha value is -0.554. The third-order valence-electron chi connectivity index (χ3n) is 5.44. The molecule has 147 valence electrons. The second-order valence-electron chi connectivity index (χ2n) is 7.54. The Balaban J connectivity index is 0.000000443. The van der Waals surface area contributed by atoms with Gasteiger partial charge in [0.05, 0.1) is 0 Å². The monoisotopic (exact) mass is 397 g/mol. The molecular formula is C20H34CoO4. The predicted molar refractivity (Wildman–Crippen MR) is 90.9 cm³/mol. The van der Waals surface area contributed by atoms with Crippen LogP contribution in [0.15, 0.2) is 0 Å². The third kappa shape index (κ3) is 14.3. The summed E-state index contributed by atoms with van der Waals surface area (Å²) in [7, 11) is 0. The fraction of sp³-hybridized carbons (Fsp3) is 0.900. The molecule has 2 fully saturated rings. The molecule has 2 rings (SSSR count). The molecule has 0 aromatic rings. The minimum Gasteiger partial charge on any atom is -0.550 e. The van der Waals surface area contributed by atoms with Gasteiger partial charge in [0.25, 0.3) is 0 Å². The van der Waals surface area contributed by atoms with Crippen molar-refractivity contribution in [3.63, 3.8) is 0 Å². The summed E-state index contributed by atoms with van der Waals surface area (Å²) in [5.41, 5.74) is 0. The van der Waals surface area contributed by atoms with E-state index in [0.29, 0.717) is 0 Å². The molecule has 2 aliphatic rings. The van der Waals surface area contributed by atoms with E-state index in [1.165, 1.54) is 64.2 Å². The topological polar surface area (TPSA) is 80.3 Å². The van der Waals surface area contributed by atoms with Gasteiger partial charge in [-0.2, -0.15) is 0 Å². The number of carboxylic acid groups (broad SMARTS) is 2. The van der Waals surface area contributed by atoms with Crippen LogP contribution in [0.5, 0.6) is 0 Å². The molecule has 0 amide bonds. The van der Waals surface area contributed by atoms with E-state index < -0.39 is 11.9 Å². The molecule has 0 aromatic heterocycles. The molecule has 0 aromatic carbocycles. The Morgan fingerprint density at radius 1 is 0.640 bits per heavy atom. The number of hydrogen-bond donors (Lipinski definition) is 0. The average molecular weight is 397 g/mol. The summed E-state index contributed by atoms with van der Waals surface area (Å²) < 4.78 is 0. The Morgan fingerprint density at radius 2 is 0.960 bits per heavy atom. The maximum Gasteiger partial charge on any atom is 2.00 e. The van der Waals surface area contributed by atoms with Gasteiger partial charge >= 0.3 is 16.8 Å². The van der Waals surface area contributed by atoms with Crippen molar-refractivity contribution in [2.24, 2.45) is 11.8 Å². The van der Waals surface area contributed by atoms with Crippen molar-refractivity contribution in [1.29, 1.82) is 0 Å². The van der Waals surface area contributed by atoms with Gasteiger partial charge in [0.15, 0.2) is 0 Å². The van der Waals surface area contributed by atoms with Gasteiger partial charge in [-0.15, -0.1) is 0 Å². The normalized spacial score (nSPS) is 18.6. The van der Waals surface area contributed by atoms with Gasteiger partial charge in [0.1, 0.15) is 0 Å². The van der Waals surface area contributed by atoms with Crippen molar-refractivity contribution >= 4 is 11.9 Å². The minimum absolute atomic E-state index is 0. The molecule has 0 saturated heterocycles. The molecule has 2 aliphatic carbocycles. The first-order valence-electron chi connectivity index (χ1n) is 9.97. The van der Waals surface area contributed by atoms with Gasteiger partial charge in [-0.25, -0.2) is 0 Å². The summed E-state index contributed by atoms with van der Waals surface area (Å²) in [5.74, 6) is -0.187. The number of carbonyl (C=O) groups is 2. The standard InChI is InChI=1S/2C10H18O2.Co/c2*11-10(12)8-4-7-9-5-2-1-3-6-9;/h2*9H,1-8H2,(H,11,12);/q;;+2/p-2. The van der Waals surface area contributed by atoms with Crippen molar-refractivity contribution in [3.05, 3.63) is 0 Å². The van der Waals surface area contributed by atoms with Crippen LogP contribution in [0.2, 0.25) is 0 Å². The number of carbonyl (C=O) groups excluding carboxylic acids is 2. The number of rotatable bonds is 8. The fourth-order valence-electron chi connectivity index (χ4n) is 4.02. The van der Waals surface area contributed by atoms with Gasteiger partial charge in [-0.1, -0.05) is 77.0 Å². The van der Waals surface area contributed by atoms with Crippen molar-refractivity contribution in [3.8, 4) is 0 Å². The van der Waals surface area contributed by atoms with Crippen LogP contribution in [-0.2, 0) is 26.4 Å². The largest absolute Gasteiger partial charge is 2.00 e. The Bertz CT molecular complexity index is 314. The Morgan fingerprint density at radius 3 is 1.24 bits per heavy atom. The minimum atomic E-state index is -0.897. The number of carboxylic acids is 2. The van der Waals surface area contributed by atoms with Crippen LogP contribution in [0, 0.1) is 11.8 Å². The van der Waals surface area contributed by atoms with E-state index in [-0.39, 0.29) is 29.6 Å². The molecule has 0 heterocycles. The summed E-state index contributed by atoms with van der Waals surface area (Å²) in [6, 6.07) is 0. The second-order valence-corrected chi connectivity index (χ2v) is 7.54. The molecule has 0 bridgehead atoms. The molecule has 25 heavy (non-hydrogen) atoms. The zero-order chi connectivity index (χ0) is 17.6. The first-order valence-corrected chi connectivity index (χ1v) is 9.97. The van der Waals surface area contributed by atoms with E-state index in [9.17, 15) is 19.8 Å². The molecule has 0 spiro atoms. The van der Waals surface area contributed by atoms with Gasteiger partial charge in [-0.05, 0) is 37.5 Å². The van der Waals surface area contributed by atoms with E-state index in [1.54, 1.807) is 0 Å². The van der Waals surface area contributed by atoms with E-state index in [0.717, 1.165) is 37.5 Å². The van der Waals surface area contributed by atoms with Crippen molar-refractivity contribution in [2.75, 3.05) is 0 Å². The van der Waals surface area contributed by atoms with Crippen molar-refractivity contribution < 1.29 is 36.6 Å². The van der Waals surface area contributed by atoms with Crippen LogP contribution in [-0.4, -0.2) is 11.9 Å². The van der Waals surface area contributed by atoms with E-state index >= 15 is 0 Å². The predicted octanol–water partition coefficient (Wildman–Crippen LogP) is 2.97. The summed E-state index contributed by atoms with van der Waals surface area (Å²) in [6.07, 6.45) is 17.7. The van der Waals surface area contributed by atoms with Crippen molar-refractivity contribution in [1.82, 2.24) is 0 Å². The molecule has 4 nitrogen and oxygen atoms in total. The van der Waals surface area contributed by atoms with E-state index in [4.69, 9.17) is 0 Å². The van der Waals surface area contributed by atoms with Crippen LogP contribution < -0.4 is 10.2 Å². The van der Waals surface area contributed by atoms with E-state index in [2.05, 4.69) is 0 Å². The smallest absolute Gasteiger partial charge is 0.550 e. The molecule has 0 N–H and O–H groups in total. The maximum absolute atomic E-state index is 10.1. The molecule has 0 atom stereocenters. The zero-order valence-corrected chi connectivity index (χ0v) is 16.5. The van der Waals surface area contributed by atoms with Gasteiger partial charge in [0, 0.05) is 11.9 Å². The van der Waals surface area contributed by atoms with Crippen LogP contribution in [0.25, 0.3) is 0 Å². The summed E-state index contributed by atoms with van der Waals surface area (Å²) >= 11 is 0. The maximum atomic E-state index is 10.1. The fourth-order valence-corrected chi connectivity index (χ4v) is 4.02. The molecule has 0 unspecified atom stereocenters. The summed E-state index contributed by atoms with van der Waals surface area (Å²) in [4.78, 5) is 20.3. The first-order chi connectivity index (χ1) is 11.6. The molecule has 0 aliphatic heterocycles. The van der Waals surface area contributed by atoms with Crippen LogP contribution in [0.3, 0.4) is 0 Å². The second kappa shape index (κ2) is 15.7. The zero-order valence-electron chi connectivity index (χ0n) is 15.4. The Labute approximate surface area is 163 Å². The molecule has 2 saturated carbocycles. The van der Waals surface area contributed by atoms with Gasteiger partial charge in [0.2, 0.25) is 0 Å². The van der Waals surface area contributed by atoms with Crippen LogP contribution in [0.1, 0.15) is 103 Å². The number of aliphatic carboxylic acids is 2.